The fourth-order valence-electron chi connectivity index (χ4n) is 0.890. The molecule has 0 unspecified atom stereocenters. The van der Waals surface area contributed by atoms with Crippen LogP contribution in [0.5, 0.6) is 0 Å². The Morgan fingerprint density at radius 1 is 1.42 bits per heavy atom. The highest BCUT2D eigenvalue weighted by Gasteiger charge is 2.07. The van der Waals surface area contributed by atoms with Crippen LogP contribution in [0.1, 0.15) is 0 Å². The van der Waals surface area contributed by atoms with E-state index in [-0.39, 0.29) is 0 Å². The van der Waals surface area contributed by atoms with E-state index in [2.05, 4.69) is 9.97 Å². The highest BCUT2D eigenvalue weighted by molar-refractivity contribution is 7.98. The Morgan fingerprint density at radius 3 is 2.58 bits per heavy atom. The van der Waals surface area contributed by atoms with Crippen LogP contribution in [0.3, 0.4) is 0 Å². The largest absolute Gasteiger partial charge is 0.394 e. The Labute approximate surface area is 76.2 Å². The van der Waals surface area contributed by atoms with E-state index < -0.39 is 0 Å². The molecule has 0 bridgehead atoms. The topological polar surface area (TPSA) is 55.0 Å². The van der Waals surface area contributed by atoms with Gasteiger partial charge in [-0.25, -0.2) is 9.97 Å². The minimum Gasteiger partial charge on any atom is -0.394 e. The summed E-state index contributed by atoms with van der Waals surface area (Å²) in [6, 6.07) is 0. The number of nitrogen functional groups attached to an aromatic ring is 1. The molecule has 66 valence electrons. The van der Waals surface area contributed by atoms with Gasteiger partial charge in [0, 0.05) is 14.1 Å². The summed E-state index contributed by atoms with van der Waals surface area (Å²) in [5, 5.41) is 0.828. The van der Waals surface area contributed by atoms with Gasteiger partial charge in [-0.1, -0.05) is 0 Å². The molecule has 0 aliphatic carbocycles. The normalized spacial score (nSPS) is 9.92. The third-order valence-electron chi connectivity index (χ3n) is 1.44. The number of anilines is 2. The first-order valence-corrected chi connectivity index (χ1v) is 4.71. The first-order valence-electron chi connectivity index (χ1n) is 3.48. The van der Waals surface area contributed by atoms with Crippen LogP contribution in [-0.4, -0.2) is 30.3 Å². The Kier molecular flexibility index (Phi) is 2.75. The second-order valence-electron chi connectivity index (χ2n) is 2.51. The number of thioether (sulfide) groups is 1. The lowest BCUT2D eigenvalue weighted by molar-refractivity contribution is 0.995. The lowest BCUT2D eigenvalue weighted by Gasteiger charge is -2.14. The van der Waals surface area contributed by atoms with Crippen LogP contribution in [-0.2, 0) is 0 Å². The van der Waals surface area contributed by atoms with Crippen molar-refractivity contribution in [3.05, 3.63) is 6.33 Å². The molecule has 12 heavy (non-hydrogen) atoms. The molecule has 0 aromatic carbocycles. The fraction of sp³-hybridized carbons (Fsp3) is 0.429. The average Bonchev–Trinajstić information content (AvgIpc) is 2.04. The molecular weight excluding hydrogens is 172 g/mol. The van der Waals surface area contributed by atoms with Gasteiger partial charge in [-0.05, 0) is 6.26 Å². The molecule has 4 nitrogen and oxygen atoms in total. The minimum atomic E-state index is 0.648. The average molecular weight is 184 g/mol. The number of rotatable bonds is 2. The van der Waals surface area contributed by atoms with Crippen LogP contribution in [0.25, 0.3) is 0 Å². The van der Waals surface area contributed by atoms with Gasteiger partial charge < -0.3 is 10.6 Å². The smallest absolute Gasteiger partial charge is 0.155 e. The van der Waals surface area contributed by atoms with Crippen LogP contribution in [0.2, 0.25) is 0 Å². The van der Waals surface area contributed by atoms with Crippen molar-refractivity contribution in [1.29, 1.82) is 0 Å². The second-order valence-corrected chi connectivity index (χ2v) is 3.31. The van der Waals surface area contributed by atoms with Gasteiger partial charge in [0.15, 0.2) is 5.82 Å². The molecule has 0 aliphatic heterocycles. The number of hydrogen-bond donors (Lipinski definition) is 1. The maximum absolute atomic E-state index is 5.81. The Bertz CT molecular complexity index is 274. The lowest BCUT2D eigenvalue weighted by atomic mass is 10.4. The molecule has 0 aliphatic rings. The Hall–Kier alpha value is -0.970. The molecular formula is C7H12N4S. The number of nitrogens with two attached hydrogens (primary N) is 1. The second kappa shape index (κ2) is 3.62. The molecule has 0 saturated heterocycles. The molecule has 5 heteroatoms. The summed E-state index contributed by atoms with van der Waals surface area (Å²) in [4.78, 5) is 9.97. The van der Waals surface area contributed by atoms with E-state index in [0.717, 1.165) is 10.8 Å². The summed E-state index contributed by atoms with van der Waals surface area (Å²) >= 11 is 1.52. The van der Waals surface area contributed by atoms with Gasteiger partial charge >= 0.3 is 0 Å². The van der Waals surface area contributed by atoms with Crippen molar-refractivity contribution >= 4 is 23.3 Å². The van der Waals surface area contributed by atoms with Gasteiger partial charge in [0.05, 0.1) is 0 Å². The first kappa shape index (κ1) is 9.12. The summed E-state index contributed by atoms with van der Waals surface area (Å²) in [6.07, 6.45) is 3.47. The quantitative estimate of drug-likeness (QED) is 0.545. The van der Waals surface area contributed by atoms with Crippen LogP contribution in [0.4, 0.5) is 11.5 Å². The Morgan fingerprint density at radius 2 is 2.08 bits per heavy atom. The van der Waals surface area contributed by atoms with Crippen molar-refractivity contribution in [2.45, 2.75) is 5.03 Å². The predicted octanol–water partition coefficient (Wildman–Crippen LogP) is 0.847. The maximum Gasteiger partial charge on any atom is 0.155 e. The highest BCUT2D eigenvalue weighted by Crippen LogP contribution is 2.26. The van der Waals surface area contributed by atoms with Crippen LogP contribution in [0, 0.1) is 0 Å². The monoisotopic (exact) mass is 184 g/mol. The van der Waals surface area contributed by atoms with Crippen LogP contribution < -0.4 is 10.6 Å². The molecule has 1 aromatic heterocycles. The molecule has 0 atom stereocenters. The van der Waals surface area contributed by atoms with Crippen molar-refractivity contribution in [1.82, 2.24) is 9.97 Å². The number of nitrogens with zero attached hydrogens (tertiary/aromatic N) is 3. The first-order chi connectivity index (χ1) is 5.66. The van der Waals surface area contributed by atoms with Crippen LogP contribution in [0.15, 0.2) is 11.4 Å². The zero-order valence-corrected chi connectivity index (χ0v) is 8.22. The Balaban J connectivity index is 3.14. The van der Waals surface area contributed by atoms with Crippen molar-refractivity contribution in [2.75, 3.05) is 31.0 Å². The molecule has 0 saturated carbocycles. The zero-order valence-electron chi connectivity index (χ0n) is 7.40. The van der Waals surface area contributed by atoms with Crippen molar-refractivity contribution in [2.24, 2.45) is 0 Å². The maximum atomic E-state index is 5.81. The molecule has 1 aromatic rings. The van der Waals surface area contributed by atoms with E-state index in [4.69, 9.17) is 5.73 Å². The van der Waals surface area contributed by atoms with Gasteiger partial charge in [-0.2, -0.15) is 0 Å². The van der Waals surface area contributed by atoms with Crippen molar-refractivity contribution < 1.29 is 0 Å². The SMILES string of the molecule is CSc1ncnc(N(C)C)c1N. The molecule has 1 rings (SSSR count). The third-order valence-corrected chi connectivity index (χ3v) is 2.16. The molecule has 0 radical (unpaired) electrons. The number of hydrogen-bond acceptors (Lipinski definition) is 5. The van der Waals surface area contributed by atoms with E-state index in [0.29, 0.717) is 5.69 Å². The van der Waals surface area contributed by atoms with E-state index >= 15 is 0 Å². The van der Waals surface area contributed by atoms with Gasteiger partial charge in [0.1, 0.15) is 17.0 Å². The van der Waals surface area contributed by atoms with E-state index in [9.17, 15) is 0 Å². The molecule has 1 heterocycles. The fourth-order valence-corrected chi connectivity index (χ4v) is 1.35. The molecule has 0 fully saturated rings. The van der Waals surface area contributed by atoms with Gasteiger partial charge in [0.2, 0.25) is 0 Å². The van der Waals surface area contributed by atoms with Gasteiger partial charge in [-0.3, -0.25) is 0 Å². The van der Waals surface area contributed by atoms with Crippen LogP contribution >= 0.6 is 11.8 Å². The van der Waals surface area contributed by atoms with E-state index in [1.165, 1.54) is 18.1 Å². The molecule has 2 N–H and O–H groups in total. The summed E-state index contributed by atoms with van der Waals surface area (Å²) in [5.41, 5.74) is 6.46. The van der Waals surface area contributed by atoms with Crippen molar-refractivity contribution in [3.8, 4) is 0 Å². The minimum absolute atomic E-state index is 0.648. The molecule has 0 spiro atoms. The number of aromatic nitrogens is 2. The third kappa shape index (κ3) is 1.61. The van der Waals surface area contributed by atoms with E-state index in [1.54, 1.807) is 0 Å². The highest BCUT2D eigenvalue weighted by atomic mass is 32.2. The summed E-state index contributed by atoms with van der Waals surface area (Å²) < 4.78 is 0. The summed E-state index contributed by atoms with van der Waals surface area (Å²) in [7, 11) is 3.81. The predicted molar refractivity (Wildman–Crippen MR) is 52.6 cm³/mol. The van der Waals surface area contributed by atoms with E-state index in [1.807, 2.05) is 25.3 Å². The van der Waals surface area contributed by atoms with Gasteiger partial charge in [0.25, 0.3) is 0 Å². The molecule has 0 amide bonds. The van der Waals surface area contributed by atoms with Gasteiger partial charge in [-0.15, -0.1) is 11.8 Å². The summed E-state index contributed by atoms with van der Waals surface area (Å²) in [5.74, 6) is 0.773. The zero-order chi connectivity index (χ0) is 9.14. The van der Waals surface area contributed by atoms with Crippen molar-refractivity contribution in [3.63, 3.8) is 0 Å². The lowest BCUT2D eigenvalue weighted by Crippen LogP contribution is -2.13. The standard InChI is InChI=1S/C7H12N4S/c1-11(2)6-5(8)7(12-3)10-4-9-6/h4H,8H2,1-3H3. The summed E-state index contributed by atoms with van der Waals surface area (Å²) in [6.45, 7) is 0.